The first kappa shape index (κ1) is 11.0. The molecule has 13 heavy (non-hydrogen) atoms. The predicted octanol–water partition coefficient (Wildman–Crippen LogP) is 0.916. The molecule has 3 nitrogen and oxygen atoms in total. The molecule has 1 saturated carbocycles. The van der Waals surface area contributed by atoms with Crippen molar-refractivity contribution in [1.29, 1.82) is 0 Å². The predicted molar refractivity (Wildman–Crippen MR) is 52.8 cm³/mol. The second-order valence-corrected chi connectivity index (χ2v) is 4.29. The van der Waals surface area contributed by atoms with E-state index in [1.165, 1.54) is 25.7 Å². The summed E-state index contributed by atoms with van der Waals surface area (Å²) in [5.41, 5.74) is -0.725. The number of methoxy groups -OCH3 is 1. The van der Waals surface area contributed by atoms with Gasteiger partial charge in [0.1, 0.15) is 0 Å². The van der Waals surface area contributed by atoms with Crippen molar-refractivity contribution in [3.8, 4) is 0 Å². The second-order valence-electron chi connectivity index (χ2n) is 4.29. The molecule has 0 aromatic carbocycles. The van der Waals surface area contributed by atoms with Crippen LogP contribution in [-0.2, 0) is 4.74 Å². The van der Waals surface area contributed by atoms with Crippen LogP contribution in [0.25, 0.3) is 0 Å². The first-order valence-corrected chi connectivity index (χ1v) is 5.09. The highest BCUT2D eigenvalue weighted by Crippen LogP contribution is 2.18. The second kappa shape index (κ2) is 4.94. The van der Waals surface area contributed by atoms with E-state index in [-0.39, 0.29) is 0 Å². The van der Waals surface area contributed by atoms with Gasteiger partial charge in [-0.05, 0) is 19.8 Å². The van der Waals surface area contributed by atoms with Crippen LogP contribution >= 0.6 is 0 Å². The van der Waals surface area contributed by atoms with Gasteiger partial charge in [0.25, 0.3) is 0 Å². The summed E-state index contributed by atoms with van der Waals surface area (Å²) in [5, 5.41) is 13.2. The van der Waals surface area contributed by atoms with Gasteiger partial charge in [-0.2, -0.15) is 0 Å². The van der Waals surface area contributed by atoms with Crippen molar-refractivity contribution in [3.05, 3.63) is 0 Å². The molecule has 0 heterocycles. The minimum atomic E-state index is -0.725. The molecule has 0 amide bonds. The largest absolute Gasteiger partial charge is 0.386 e. The molecule has 1 aliphatic carbocycles. The lowest BCUT2D eigenvalue weighted by atomic mass is 10.1. The van der Waals surface area contributed by atoms with E-state index in [0.29, 0.717) is 19.2 Å². The van der Waals surface area contributed by atoms with Crippen molar-refractivity contribution < 1.29 is 9.84 Å². The smallest absolute Gasteiger partial charge is 0.0975 e. The molecule has 0 aromatic rings. The van der Waals surface area contributed by atoms with Crippen LogP contribution in [0.5, 0.6) is 0 Å². The van der Waals surface area contributed by atoms with E-state index in [0.717, 1.165) is 0 Å². The summed E-state index contributed by atoms with van der Waals surface area (Å²) in [7, 11) is 1.62. The van der Waals surface area contributed by atoms with Gasteiger partial charge >= 0.3 is 0 Å². The molecule has 0 bridgehead atoms. The maximum atomic E-state index is 9.79. The molecule has 0 aromatic heterocycles. The van der Waals surface area contributed by atoms with E-state index in [1.807, 2.05) is 0 Å². The Hall–Kier alpha value is -0.120. The Morgan fingerprint density at radius 2 is 2.08 bits per heavy atom. The fraction of sp³-hybridized carbons (Fsp3) is 1.00. The summed E-state index contributed by atoms with van der Waals surface area (Å²) in [4.78, 5) is 0. The van der Waals surface area contributed by atoms with Crippen molar-refractivity contribution in [3.63, 3.8) is 0 Å². The molecule has 0 saturated heterocycles. The zero-order valence-electron chi connectivity index (χ0n) is 8.68. The Labute approximate surface area is 80.5 Å². The number of aliphatic hydroxyl groups is 1. The van der Waals surface area contributed by atoms with Gasteiger partial charge in [-0.1, -0.05) is 12.8 Å². The Morgan fingerprint density at radius 3 is 2.62 bits per heavy atom. The number of rotatable bonds is 5. The summed E-state index contributed by atoms with van der Waals surface area (Å²) in [6, 6.07) is 0.614. The Morgan fingerprint density at radius 1 is 1.46 bits per heavy atom. The molecule has 1 aliphatic rings. The maximum absolute atomic E-state index is 9.79. The van der Waals surface area contributed by atoms with E-state index in [9.17, 15) is 5.11 Å². The van der Waals surface area contributed by atoms with Crippen LogP contribution in [-0.4, -0.2) is 37.0 Å². The summed E-state index contributed by atoms with van der Waals surface area (Å²) < 4.78 is 4.93. The van der Waals surface area contributed by atoms with Gasteiger partial charge in [0.2, 0.25) is 0 Å². The molecule has 0 radical (unpaired) electrons. The lowest BCUT2D eigenvalue weighted by Crippen LogP contribution is -2.44. The van der Waals surface area contributed by atoms with E-state index in [1.54, 1.807) is 14.0 Å². The van der Waals surface area contributed by atoms with Crippen LogP contribution in [0.1, 0.15) is 32.6 Å². The van der Waals surface area contributed by atoms with E-state index in [4.69, 9.17) is 4.74 Å². The van der Waals surface area contributed by atoms with E-state index >= 15 is 0 Å². The Kier molecular flexibility index (Phi) is 4.16. The van der Waals surface area contributed by atoms with E-state index in [2.05, 4.69) is 5.32 Å². The quantitative estimate of drug-likeness (QED) is 0.672. The zero-order valence-corrected chi connectivity index (χ0v) is 8.68. The van der Waals surface area contributed by atoms with Gasteiger partial charge in [-0.3, -0.25) is 0 Å². The topological polar surface area (TPSA) is 41.5 Å². The summed E-state index contributed by atoms with van der Waals surface area (Å²) >= 11 is 0. The number of hydrogen-bond acceptors (Lipinski definition) is 3. The van der Waals surface area contributed by atoms with Crippen LogP contribution in [0.15, 0.2) is 0 Å². The molecular weight excluding hydrogens is 166 g/mol. The Bertz CT molecular complexity index is 142. The molecular formula is C10H21NO2. The van der Waals surface area contributed by atoms with Gasteiger partial charge in [0.15, 0.2) is 0 Å². The van der Waals surface area contributed by atoms with Crippen molar-refractivity contribution in [2.45, 2.75) is 44.2 Å². The molecule has 78 valence electrons. The first-order valence-electron chi connectivity index (χ1n) is 5.09. The fourth-order valence-electron chi connectivity index (χ4n) is 1.86. The monoisotopic (exact) mass is 187 g/mol. The molecule has 0 aliphatic heterocycles. The molecule has 3 heteroatoms. The average Bonchev–Trinajstić information content (AvgIpc) is 2.52. The standard InChI is InChI=1S/C10H21NO2/c1-10(12,8-13-2)7-11-9-5-3-4-6-9/h9,11-12H,3-8H2,1-2H3. The fourth-order valence-corrected chi connectivity index (χ4v) is 1.86. The van der Waals surface area contributed by atoms with Gasteiger partial charge in [-0.25, -0.2) is 0 Å². The highest BCUT2D eigenvalue weighted by atomic mass is 16.5. The highest BCUT2D eigenvalue weighted by molar-refractivity contribution is 4.80. The third-order valence-electron chi connectivity index (χ3n) is 2.58. The third-order valence-corrected chi connectivity index (χ3v) is 2.58. The van der Waals surface area contributed by atoms with Crippen molar-refractivity contribution >= 4 is 0 Å². The van der Waals surface area contributed by atoms with Gasteiger partial charge < -0.3 is 15.2 Å². The van der Waals surface area contributed by atoms with Crippen molar-refractivity contribution in [1.82, 2.24) is 5.32 Å². The molecule has 2 N–H and O–H groups in total. The van der Waals surface area contributed by atoms with Crippen LogP contribution in [0.4, 0.5) is 0 Å². The lowest BCUT2D eigenvalue weighted by Gasteiger charge is -2.24. The Balaban J connectivity index is 2.15. The normalized spacial score (nSPS) is 23.3. The zero-order chi connectivity index (χ0) is 9.73. The molecule has 1 unspecified atom stereocenters. The van der Waals surface area contributed by atoms with Crippen molar-refractivity contribution in [2.75, 3.05) is 20.3 Å². The number of nitrogens with one attached hydrogen (secondary N) is 1. The molecule has 0 spiro atoms. The molecule has 1 fully saturated rings. The minimum Gasteiger partial charge on any atom is -0.386 e. The van der Waals surface area contributed by atoms with Crippen LogP contribution in [0.3, 0.4) is 0 Å². The summed E-state index contributed by atoms with van der Waals surface area (Å²) in [6.45, 7) is 2.83. The number of ether oxygens (including phenoxy) is 1. The van der Waals surface area contributed by atoms with Gasteiger partial charge in [0.05, 0.1) is 12.2 Å². The highest BCUT2D eigenvalue weighted by Gasteiger charge is 2.22. The summed E-state index contributed by atoms with van der Waals surface area (Å²) in [5.74, 6) is 0. The van der Waals surface area contributed by atoms with Crippen LogP contribution in [0, 0.1) is 0 Å². The third kappa shape index (κ3) is 4.07. The maximum Gasteiger partial charge on any atom is 0.0975 e. The van der Waals surface area contributed by atoms with Crippen molar-refractivity contribution in [2.24, 2.45) is 0 Å². The van der Waals surface area contributed by atoms with E-state index < -0.39 is 5.60 Å². The average molecular weight is 187 g/mol. The lowest BCUT2D eigenvalue weighted by molar-refractivity contribution is -0.0170. The summed E-state index contributed by atoms with van der Waals surface area (Å²) in [6.07, 6.45) is 5.15. The SMILES string of the molecule is COCC(C)(O)CNC1CCCC1. The first-order chi connectivity index (χ1) is 6.14. The van der Waals surface area contributed by atoms with Crippen LogP contribution < -0.4 is 5.32 Å². The van der Waals surface area contributed by atoms with Crippen LogP contribution in [0.2, 0.25) is 0 Å². The molecule has 1 atom stereocenters. The molecule has 1 rings (SSSR count). The van der Waals surface area contributed by atoms with Gasteiger partial charge in [0, 0.05) is 19.7 Å². The minimum absolute atomic E-state index is 0.396. The number of hydrogen-bond donors (Lipinski definition) is 2. The van der Waals surface area contributed by atoms with Gasteiger partial charge in [-0.15, -0.1) is 0 Å².